The van der Waals surface area contributed by atoms with Crippen molar-refractivity contribution in [1.29, 1.82) is 0 Å². The third-order valence-electron chi connectivity index (χ3n) is 3.06. The first-order valence-electron chi connectivity index (χ1n) is 6.40. The zero-order valence-corrected chi connectivity index (χ0v) is 12.7. The van der Waals surface area contributed by atoms with Gasteiger partial charge in [-0.05, 0) is 36.6 Å². The Hall–Kier alpha value is -2.01. The number of nitrogens with one attached hydrogen (secondary N) is 1. The van der Waals surface area contributed by atoms with Crippen LogP contribution in [0.15, 0.2) is 35.7 Å². The van der Waals surface area contributed by atoms with Crippen LogP contribution in [0.25, 0.3) is 0 Å². The van der Waals surface area contributed by atoms with Crippen LogP contribution in [0.5, 0.6) is 0 Å². The van der Waals surface area contributed by atoms with Gasteiger partial charge in [0.15, 0.2) is 0 Å². The maximum absolute atomic E-state index is 12.4. The van der Waals surface area contributed by atoms with Crippen molar-refractivity contribution in [1.82, 2.24) is 5.32 Å². The number of anilines is 2. The van der Waals surface area contributed by atoms with E-state index in [-0.39, 0.29) is 11.9 Å². The molecule has 1 heterocycles. The number of hydrogen-bond acceptors (Lipinski definition) is 4. The molecule has 5 heteroatoms. The fourth-order valence-electron chi connectivity index (χ4n) is 2.01. The van der Waals surface area contributed by atoms with Crippen LogP contribution < -0.4 is 16.0 Å². The van der Waals surface area contributed by atoms with Gasteiger partial charge in [-0.1, -0.05) is 6.07 Å². The van der Waals surface area contributed by atoms with Gasteiger partial charge in [0.25, 0.3) is 5.91 Å². The summed E-state index contributed by atoms with van der Waals surface area (Å²) in [4.78, 5) is 15.5. The highest BCUT2D eigenvalue weighted by Crippen LogP contribution is 2.23. The number of rotatable bonds is 4. The van der Waals surface area contributed by atoms with Gasteiger partial charge in [0, 0.05) is 30.3 Å². The summed E-state index contributed by atoms with van der Waals surface area (Å²) >= 11 is 1.63. The molecule has 4 nitrogen and oxygen atoms in total. The molecular weight excluding hydrogens is 270 g/mol. The molecule has 0 aliphatic rings. The largest absolute Gasteiger partial charge is 0.399 e. The number of nitrogens with two attached hydrogens (primary N) is 1. The molecule has 1 atom stereocenters. The van der Waals surface area contributed by atoms with Gasteiger partial charge in [0.05, 0.1) is 11.6 Å². The Kier molecular flexibility index (Phi) is 4.29. The van der Waals surface area contributed by atoms with E-state index < -0.39 is 0 Å². The Morgan fingerprint density at radius 2 is 2.10 bits per heavy atom. The third kappa shape index (κ3) is 3.11. The van der Waals surface area contributed by atoms with Crippen LogP contribution >= 0.6 is 11.3 Å². The first-order chi connectivity index (χ1) is 9.49. The van der Waals surface area contributed by atoms with Crippen LogP contribution in [0.2, 0.25) is 0 Å². The highest BCUT2D eigenvalue weighted by molar-refractivity contribution is 7.10. The average molecular weight is 289 g/mol. The molecule has 0 saturated heterocycles. The van der Waals surface area contributed by atoms with Crippen molar-refractivity contribution < 1.29 is 4.79 Å². The molecule has 0 aliphatic heterocycles. The second-order valence-corrected chi connectivity index (χ2v) is 5.86. The van der Waals surface area contributed by atoms with E-state index in [1.54, 1.807) is 23.5 Å². The van der Waals surface area contributed by atoms with Crippen molar-refractivity contribution in [2.75, 3.05) is 24.7 Å². The molecule has 1 aromatic heterocycles. The minimum absolute atomic E-state index is 0.0149. The predicted octanol–water partition coefficient (Wildman–Crippen LogP) is 2.89. The van der Waals surface area contributed by atoms with Crippen LogP contribution in [0.1, 0.15) is 28.2 Å². The van der Waals surface area contributed by atoms with E-state index in [4.69, 9.17) is 5.73 Å². The lowest BCUT2D eigenvalue weighted by Crippen LogP contribution is -2.28. The minimum atomic E-state index is -0.109. The quantitative estimate of drug-likeness (QED) is 0.851. The van der Waals surface area contributed by atoms with E-state index in [1.807, 2.05) is 49.5 Å². The lowest BCUT2D eigenvalue weighted by atomic mass is 10.1. The Bertz CT molecular complexity index is 593. The fraction of sp³-hybridized carbons (Fsp3) is 0.267. The summed E-state index contributed by atoms with van der Waals surface area (Å²) in [7, 11) is 3.82. The van der Waals surface area contributed by atoms with Gasteiger partial charge < -0.3 is 16.0 Å². The normalized spacial score (nSPS) is 11.9. The minimum Gasteiger partial charge on any atom is -0.399 e. The Morgan fingerprint density at radius 1 is 1.35 bits per heavy atom. The Labute approximate surface area is 123 Å². The molecule has 0 fully saturated rings. The lowest BCUT2D eigenvalue weighted by Gasteiger charge is -2.19. The third-order valence-corrected chi connectivity index (χ3v) is 4.12. The molecule has 106 valence electrons. The van der Waals surface area contributed by atoms with Gasteiger partial charge >= 0.3 is 0 Å². The monoisotopic (exact) mass is 289 g/mol. The van der Waals surface area contributed by atoms with Gasteiger partial charge in [0.1, 0.15) is 0 Å². The van der Waals surface area contributed by atoms with Crippen molar-refractivity contribution in [2.45, 2.75) is 13.0 Å². The van der Waals surface area contributed by atoms with E-state index in [9.17, 15) is 4.79 Å². The van der Waals surface area contributed by atoms with Gasteiger partial charge in [-0.25, -0.2) is 0 Å². The van der Waals surface area contributed by atoms with Crippen molar-refractivity contribution in [2.24, 2.45) is 0 Å². The number of hydrogen-bond donors (Lipinski definition) is 2. The van der Waals surface area contributed by atoms with E-state index in [1.165, 1.54) is 0 Å². The molecule has 2 aromatic rings. The van der Waals surface area contributed by atoms with E-state index >= 15 is 0 Å². The maximum atomic E-state index is 12.4. The maximum Gasteiger partial charge on any atom is 0.253 e. The fourth-order valence-corrected chi connectivity index (χ4v) is 2.74. The van der Waals surface area contributed by atoms with Gasteiger partial charge in [-0.15, -0.1) is 11.3 Å². The van der Waals surface area contributed by atoms with E-state index in [0.29, 0.717) is 11.3 Å². The number of nitrogens with zero attached hydrogens (tertiary/aromatic N) is 1. The summed E-state index contributed by atoms with van der Waals surface area (Å²) in [5, 5.41) is 5.01. The Morgan fingerprint density at radius 3 is 2.70 bits per heavy atom. The number of carbonyl (C=O) groups is 1. The van der Waals surface area contributed by atoms with Crippen molar-refractivity contribution in [3.63, 3.8) is 0 Å². The van der Waals surface area contributed by atoms with E-state index in [0.717, 1.165) is 10.6 Å². The molecule has 0 aliphatic carbocycles. The van der Waals surface area contributed by atoms with Gasteiger partial charge in [-0.3, -0.25) is 4.79 Å². The first kappa shape index (κ1) is 14.4. The van der Waals surface area contributed by atoms with Crippen LogP contribution in [0.3, 0.4) is 0 Å². The van der Waals surface area contributed by atoms with Crippen molar-refractivity contribution in [3.8, 4) is 0 Å². The SMILES string of the molecule is CC(NC(=O)c1cc(N)ccc1N(C)C)c1cccs1. The summed E-state index contributed by atoms with van der Waals surface area (Å²) in [6, 6.07) is 9.36. The smallest absolute Gasteiger partial charge is 0.253 e. The summed E-state index contributed by atoms with van der Waals surface area (Å²) in [5.41, 5.74) is 7.83. The molecule has 0 bridgehead atoms. The molecule has 1 unspecified atom stereocenters. The number of carbonyl (C=O) groups excluding carboxylic acids is 1. The van der Waals surface area contributed by atoms with Crippen LogP contribution in [0.4, 0.5) is 11.4 Å². The van der Waals surface area contributed by atoms with Crippen LogP contribution in [0, 0.1) is 0 Å². The molecule has 3 N–H and O–H groups in total. The standard InChI is InChI=1S/C15H19N3OS/c1-10(14-5-4-8-20-14)17-15(19)12-9-11(16)6-7-13(12)18(2)3/h4-10H,16H2,1-3H3,(H,17,19). The molecule has 0 saturated carbocycles. The molecule has 2 rings (SSSR count). The van der Waals surface area contributed by atoms with Crippen LogP contribution in [-0.4, -0.2) is 20.0 Å². The number of amides is 1. The highest BCUT2D eigenvalue weighted by atomic mass is 32.1. The number of thiophene rings is 1. The number of benzene rings is 1. The number of nitrogen functional groups attached to an aromatic ring is 1. The second kappa shape index (κ2) is 5.96. The Balaban J connectivity index is 2.22. The zero-order valence-electron chi connectivity index (χ0n) is 11.9. The second-order valence-electron chi connectivity index (χ2n) is 4.88. The molecule has 0 radical (unpaired) electrons. The summed E-state index contributed by atoms with van der Waals surface area (Å²) in [6.07, 6.45) is 0. The summed E-state index contributed by atoms with van der Waals surface area (Å²) < 4.78 is 0. The van der Waals surface area contributed by atoms with Crippen LogP contribution in [-0.2, 0) is 0 Å². The molecule has 0 spiro atoms. The van der Waals surface area contributed by atoms with Crippen molar-refractivity contribution >= 4 is 28.6 Å². The predicted molar refractivity (Wildman–Crippen MR) is 85.4 cm³/mol. The highest BCUT2D eigenvalue weighted by Gasteiger charge is 2.16. The molecule has 20 heavy (non-hydrogen) atoms. The van der Waals surface area contributed by atoms with E-state index in [2.05, 4.69) is 5.32 Å². The topological polar surface area (TPSA) is 58.4 Å². The summed E-state index contributed by atoms with van der Waals surface area (Å²) in [5.74, 6) is -0.109. The average Bonchev–Trinajstić information content (AvgIpc) is 2.92. The zero-order chi connectivity index (χ0) is 14.7. The molecular formula is C15H19N3OS. The van der Waals surface area contributed by atoms with Gasteiger partial charge in [0.2, 0.25) is 0 Å². The molecule has 1 aromatic carbocycles. The summed E-state index contributed by atoms with van der Waals surface area (Å²) in [6.45, 7) is 1.98. The first-order valence-corrected chi connectivity index (χ1v) is 7.28. The lowest BCUT2D eigenvalue weighted by molar-refractivity contribution is 0.0941. The molecule has 1 amide bonds. The van der Waals surface area contributed by atoms with Crippen molar-refractivity contribution in [3.05, 3.63) is 46.2 Å². The van der Waals surface area contributed by atoms with Gasteiger partial charge in [-0.2, -0.15) is 0 Å².